The molecule has 0 saturated carbocycles. The van der Waals surface area contributed by atoms with Crippen LogP contribution in [-0.2, 0) is 9.53 Å². The monoisotopic (exact) mass is 256 g/mol. The smallest absolute Gasteiger partial charge is 0.307 e. The Bertz CT molecular complexity index is 519. The maximum Gasteiger partial charge on any atom is 0.307 e. The molecule has 0 aliphatic carbocycles. The van der Waals surface area contributed by atoms with Crippen LogP contribution in [0.15, 0.2) is 12.1 Å². The third-order valence-corrected chi connectivity index (χ3v) is 2.52. The Hall–Kier alpha value is -2.22. The van der Waals surface area contributed by atoms with Crippen LogP contribution < -0.4 is 4.90 Å². The Morgan fingerprint density at radius 3 is 2.83 bits per heavy atom. The molecule has 1 saturated heterocycles. The lowest BCUT2D eigenvalue weighted by molar-refractivity contribution is -0.387. The molecule has 1 heterocycles. The molecule has 0 radical (unpaired) electrons. The van der Waals surface area contributed by atoms with Crippen molar-refractivity contribution < 1.29 is 24.0 Å². The van der Waals surface area contributed by atoms with Gasteiger partial charge in [0.1, 0.15) is 12.4 Å². The lowest BCUT2D eigenvalue weighted by Crippen LogP contribution is -2.41. The van der Waals surface area contributed by atoms with Crippen molar-refractivity contribution in [2.45, 2.75) is 0 Å². The molecule has 1 aromatic rings. The van der Waals surface area contributed by atoms with Crippen LogP contribution in [0.5, 0.6) is 5.75 Å². The summed E-state index contributed by atoms with van der Waals surface area (Å²) in [6.45, 7) is 0.218. The first-order chi connectivity index (χ1) is 8.50. The minimum atomic E-state index is -1.15. The van der Waals surface area contributed by atoms with Gasteiger partial charge in [0, 0.05) is 18.7 Å². The highest BCUT2D eigenvalue weighted by atomic mass is 19.1. The predicted molar refractivity (Wildman–Crippen MR) is 57.9 cm³/mol. The van der Waals surface area contributed by atoms with Crippen LogP contribution >= 0.6 is 0 Å². The Morgan fingerprint density at radius 1 is 1.50 bits per heavy atom. The van der Waals surface area contributed by atoms with Crippen molar-refractivity contribution in [2.24, 2.45) is 0 Å². The van der Waals surface area contributed by atoms with Gasteiger partial charge in [0.2, 0.25) is 5.82 Å². The van der Waals surface area contributed by atoms with E-state index in [1.807, 2.05) is 0 Å². The van der Waals surface area contributed by atoms with E-state index >= 15 is 0 Å². The molecule has 18 heavy (non-hydrogen) atoms. The summed E-state index contributed by atoms with van der Waals surface area (Å²) in [7, 11) is 0. The topological polar surface area (TPSA) is 92.9 Å². The van der Waals surface area contributed by atoms with Crippen molar-refractivity contribution in [2.75, 3.05) is 24.7 Å². The van der Waals surface area contributed by atoms with Gasteiger partial charge in [-0.1, -0.05) is 0 Å². The van der Waals surface area contributed by atoms with Crippen molar-refractivity contribution >= 4 is 17.3 Å². The van der Waals surface area contributed by atoms with E-state index in [9.17, 15) is 24.4 Å². The second-order valence-corrected chi connectivity index (χ2v) is 3.65. The number of amides is 1. The number of benzene rings is 1. The van der Waals surface area contributed by atoms with Crippen molar-refractivity contribution in [1.82, 2.24) is 0 Å². The molecule has 0 spiro atoms. The number of nitro benzene ring substituents is 1. The van der Waals surface area contributed by atoms with Crippen molar-refractivity contribution in [3.8, 4) is 5.75 Å². The molecule has 2 rings (SSSR count). The first-order valence-corrected chi connectivity index (χ1v) is 5.05. The van der Waals surface area contributed by atoms with E-state index in [1.165, 1.54) is 0 Å². The highest BCUT2D eigenvalue weighted by Crippen LogP contribution is 2.34. The fraction of sp³-hybridized carbons (Fsp3) is 0.300. The van der Waals surface area contributed by atoms with E-state index in [0.717, 1.165) is 11.0 Å². The number of nitrogens with zero attached hydrogens (tertiary/aromatic N) is 2. The van der Waals surface area contributed by atoms with E-state index in [1.54, 1.807) is 0 Å². The number of nitro groups is 1. The summed E-state index contributed by atoms with van der Waals surface area (Å²) in [5.41, 5.74) is -0.876. The molecular formula is C10H9FN2O5. The Labute approximate surface area is 101 Å². The molecule has 1 N–H and O–H groups in total. The Kier molecular flexibility index (Phi) is 3.11. The van der Waals surface area contributed by atoms with Crippen molar-refractivity contribution in [3.63, 3.8) is 0 Å². The Balaban J connectivity index is 2.46. The zero-order valence-electron chi connectivity index (χ0n) is 9.13. The molecule has 0 aromatic heterocycles. The molecule has 1 fully saturated rings. The molecule has 7 nitrogen and oxygen atoms in total. The van der Waals surface area contributed by atoms with Crippen LogP contribution in [0, 0.1) is 15.9 Å². The zero-order chi connectivity index (χ0) is 13.3. The van der Waals surface area contributed by atoms with E-state index < -0.39 is 28.1 Å². The van der Waals surface area contributed by atoms with Crippen molar-refractivity contribution in [1.29, 1.82) is 0 Å². The van der Waals surface area contributed by atoms with E-state index in [0.29, 0.717) is 6.07 Å². The summed E-state index contributed by atoms with van der Waals surface area (Å²) in [5.74, 6) is -2.12. The van der Waals surface area contributed by atoms with Gasteiger partial charge in [0.05, 0.1) is 17.2 Å². The number of carbonyl (C=O) groups is 1. The number of halogens is 1. The fourth-order valence-corrected chi connectivity index (χ4v) is 1.67. The Morgan fingerprint density at radius 2 is 2.22 bits per heavy atom. The SMILES string of the molecule is O=C1COCCN1c1cc([N+](=O)[O-])c(F)cc1O. The number of aromatic hydroxyl groups is 1. The number of morpholine rings is 1. The maximum absolute atomic E-state index is 13.2. The molecule has 96 valence electrons. The predicted octanol–water partition coefficient (Wildman–Crippen LogP) is 0.803. The molecule has 0 unspecified atom stereocenters. The van der Waals surface area contributed by atoms with Gasteiger partial charge in [-0.05, 0) is 0 Å². The normalized spacial score (nSPS) is 15.8. The van der Waals surface area contributed by atoms with Crippen LogP contribution in [0.1, 0.15) is 0 Å². The van der Waals surface area contributed by atoms with E-state index in [2.05, 4.69) is 0 Å². The van der Waals surface area contributed by atoms with Gasteiger partial charge in [-0.3, -0.25) is 14.9 Å². The fourth-order valence-electron chi connectivity index (χ4n) is 1.67. The zero-order valence-corrected chi connectivity index (χ0v) is 9.13. The van der Waals surface area contributed by atoms with Crippen LogP contribution in [-0.4, -0.2) is 35.7 Å². The summed E-state index contributed by atoms with van der Waals surface area (Å²) < 4.78 is 18.1. The third-order valence-electron chi connectivity index (χ3n) is 2.52. The van der Waals surface area contributed by atoms with Gasteiger partial charge in [-0.15, -0.1) is 0 Å². The highest BCUT2D eigenvalue weighted by Gasteiger charge is 2.26. The number of hydrogen-bond acceptors (Lipinski definition) is 5. The molecule has 1 aliphatic heterocycles. The summed E-state index contributed by atoms with van der Waals surface area (Å²) >= 11 is 0. The first kappa shape index (κ1) is 12.2. The molecule has 0 atom stereocenters. The maximum atomic E-state index is 13.2. The number of carbonyl (C=O) groups excluding carboxylic acids is 1. The summed E-state index contributed by atoms with van der Waals surface area (Å²) in [6, 6.07) is 1.46. The van der Waals surface area contributed by atoms with Gasteiger partial charge in [-0.25, -0.2) is 0 Å². The average Bonchev–Trinajstić information content (AvgIpc) is 2.30. The molecule has 8 heteroatoms. The minimum Gasteiger partial charge on any atom is -0.506 e. The number of ether oxygens (including phenoxy) is 1. The molecule has 1 amide bonds. The van der Waals surface area contributed by atoms with Gasteiger partial charge in [0.15, 0.2) is 0 Å². The second-order valence-electron chi connectivity index (χ2n) is 3.65. The number of phenols is 1. The average molecular weight is 256 g/mol. The largest absolute Gasteiger partial charge is 0.506 e. The lowest BCUT2D eigenvalue weighted by atomic mass is 10.2. The van der Waals surface area contributed by atoms with E-state index in [-0.39, 0.29) is 25.4 Å². The lowest BCUT2D eigenvalue weighted by Gasteiger charge is -2.27. The van der Waals surface area contributed by atoms with Crippen LogP contribution in [0.25, 0.3) is 0 Å². The highest BCUT2D eigenvalue weighted by molar-refractivity contribution is 5.96. The number of rotatable bonds is 2. The third kappa shape index (κ3) is 2.09. The van der Waals surface area contributed by atoms with E-state index in [4.69, 9.17) is 4.74 Å². The summed E-state index contributed by atoms with van der Waals surface area (Å²) in [4.78, 5) is 22.4. The second kappa shape index (κ2) is 4.57. The molecule has 0 bridgehead atoms. The summed E-state index contributed by atoms with van der Waals surface area (Å²) in [6.07, 6.45) is 0. The van der Waals surface area contributed by atoms with Crippen molar-refractivity contribution in [3.05, 3.63) is 28.1 Å². The van der Waals surface area contributed by atoms with Crippen LogP contribution in [0.3, 0.4) is 0 Å². The van der Waals surface area contributed by atoms with Gasteiger partial charge >= 0.3 is 5.69 Å². The number of anilines is 1. The van der Waals surface area contributed by atoms with Gasteiger partial charge in [0.25, 0.3) is 5.91 Å². The number of phenolic OH excluding ortho intramolecular Hbond substituents is 1. The number of hydrogen-bond donors (Lipinski definition) is 1. The standard InChI is InChI=1S/C10H9FN2O5/c11-6-3-9(14)8(4-7(6)13(16)17)12-1-2-18-5-10(12)15/h3-4,14H,1-2,5H2. The minimum absolute atomic E-state index is 0.0867. The van der Waals surface area contributed by atoms with Crippen LogP contribution in [0.4, 0.5) is 15.8 Å². The molecule has 1 aliphatic rings. The molecular weight excluding hydrogens is 247 g/mol. The summed E-state index contributed by atoms with van der Waals surface area (Å²) in [5, 5.41) is 20.2. The van der Waals surface area contributed by atoms with Gasteiger partial charge in [-0.2, -0.15) is 4.39 Å². The molecule has 1 aromatic carbocycles. The van der Waals surface area contributed by atoms with Crippen LogP contribution in [0.2, 0.25) is 0 Å². The first-order valence-electron chi connectivity index (χ1n) is 5.05. The van der Waals surface area contributed by atoms with Gasteiger partial charge < -0.3 is 14.7 Å². The quantitative estimate of drug-likeness (QED) is 0.624.